The summed E-state index contributed by atoms with van der Waals surface area (Å²) < 4.78 is 1.00. The fourth-order valence-corrected chi connectivity index (χ4v) is 3.54. The maximum Gasteiger partial charge on any atom is 0.256 e. The van der Waals surface area contributed by atoms with Crippen molar-refractivity contribution >= 4 is 38.4 Å². The van der Waals surface area contributed by atoms with E-state index in [0.717, 1.165) is 37.9 Å². The van der Waals surface area contributed by atoms with E-state index < -0.39 is 0 Å². The van der Waals surface area contributed by atoms with Crippen molar-refractivity contribution < 1.29 is 4.79 Å². The van der Waals surface area contributed by atoms with Gasteiger partial charge in [0.1, 0.15) is 0 Å². The van der Waals surface area contributed by atoms with Crippen LogP contribution in [0.25, 0.3) is 22.2 Å². The number of halogens is 1. The van der Waals surface area contributed by atoms with Crippen LogP contribution in [0.4, 0.5) is 5.69 Å². The Morgan fingerprint density at radius 1 is 0.929 bits per heavy atom. The number of fused-ring (bicyclic) bond motifs is 1. The highest BCUT2D eigenvalue weighted by atomic mass is 79.9. The van der Waals surface area contributed by atoms with Gasteiger partial charge in [0.15, 0.2) is 0 Å². The van der Waals surface area contributed by atoms with Gasteiger partial charge in [0.2, 0.25) is 0 Å². The monoisotopic (exact) mass is 430 g/mol. The molecule has 1 amide bonds. The number of nitrogens with one attached hydrogen (secondary N) is 1. The first-order valence-corrected chi connectivity index (χ1v) is 9.85. The number of rotatable bonds is 3. The SMILES string of the molecule is Cc1ccc(NC(=O)c2cc(-c3ccc(Br)cc3)nc3ccccc23)c(C)c1. The zero-order valence-electron chi connectivity index (χ0n) is 15.7. The Morgan fingerprint density at radius 3 is 2.43 bits per heavy atom. The molecule has 0 spiro atoms. The molecule has 3 aromatic carbocycles. The third kappa shape index (κ3) is 3.69. The maximum atomic E-state index is 13.2. The minimum atomic E-state index is -0.135. The van der Waals surface area contributed by atoms with E-state index in [1.807, 2.05) is 80.6 Å². The highest BCUT2D eigenvalue weighted by Gasteiger charge is 2.15. The third-order valence-electron chi connectivity index (χ3n) is 4.73. The van der Waals surface area contributed by atoms with Gasteiger partial charge in [-0.05, 0) is 49.7 Å². The Bertz CT molecular complexity index is 1180. The van der Waals surface area contributed by atoms with Gasteiger partial charge in [0, 0.05) is 21.1 Å². The molecule has 1 aromatic heterocycles. The molecule has 4 heteroatoms. The standard InChI is InChI=1S/C24H19BrN2O/c1-15-7-12-21(16(2)13-15)27-24(28)20-14-23(17-8-10-18(25)11-9-17)26-22-6-4-3-5-19(20)22/h3-14H,1-2H3,(H,27,28). The summed E-state index contributed by atoms with van der Waals surface area (Å²) in [5.41, 5.74) is 6.19. The molecule has 3 nitrogen and oxygen atoms in total. The highest BCUT2D eigenvalue weighted by molar-refractivity contribution is 9.10. The number of carbonyl (C=O) groups excluding carboxylic acids is 1. The van der Waals surface area contributed by atoms with Crippen molar-refractivity contribution in [1.82, 2.24) is 4.98 Å². The van der Waals surface area contributed by atoms with Crippen LogP contribution in [0.3, 0.4) is 0 Å². The molecular formula is C24H19BrN2O. The lowest BCUT2D eigenvalue weighted by atomic mass is 10.0. The number of para-hydroxylation sites is 1. The van der Waals surface area contributed by atoms with Crippen molar-refractivity contribution in [3.8, 4) is 11.3 Å². The molecular weight excluding hydrogens is 412 g/mol. The molecule has 0 aliphatic carbocycles. The minimum absolute atomic E-state index is 0.135. The molecule has 0 aliphatic heterocycles. The van der Waals surface area contributed by atoms with Gasteiger partial charge in [-0.25, -0.2) is 4.98 Å². The molecule has 4 aromatic rings. The molecule has 1 heterocycles. The summed E-state index contributed by atoms with van der Waals surface area (Å²) >= 11 is 3.46. The molecule has 0 aliphatic rings. The Kier molecular flexibility index (Phi) is 4.97. The Labute approximate surface area is 172 Å². The maximum absolute atomic E-state index is 13.2. The average Bonchev–Trinajstić information content (AvgIpc) is 2.69. The zero-order valence-corrected chi connectivity index (χ0v) is 17.2. The van der Waals surface area contributed by atoms with Crippen molar-refractivity contribution in [3.05, 3.63) is 94.0 Å². The lowest BCUT2D eigenvalue weighted by Gasteiger charge is -2.12. The fourth-order valence-electron chi connectivity index (χ4n) is 3.28. The summed E-state index contributed by atoms with van der Waals surface area (Å²) in [6.07, 6.45) is 0. The van der Waals surface area contributed by atoms with Crippen LogP contribution >= 0.6 is 15.9 Å². The summed E-state index contributed by atoms with van der Waals surface area (Å²) in [5, 5.41) is 3.90. The van der Waals surface area contributed by atoms with Crippen LogP contribution < -0.4 is 5.32 Å². The molecule has 138 valence electrons. The van der Waals surface area contributed by atoms with Crippen molar-refractivity contribution in [2.24, 2.45) is 0 Å². The molecule has 0 saturated heterocycles. The number of aryl methyl sites for hydroxylation is 2. The lowest BCUT2D eigenvalue weighted by molar-refractivity contribution is 0.102. The van der Waals surface area contributed by atoms with E-state index in [2.05, 4.69) is 27.3 Å². The second-order valence-corrected chi connectivity index (χ2v) is 7.77. The first kappa shape index (κ1) is 18.4. The summed E-state index contributed by atoms with van der Waals surface area (Å²) in [4.78, 5) is 17.9. The normalized spacial score (nSPS) is 10.8. The zero-order chi connectivity index (χ0) is 19.7. The molecule has 4 rings (SSSR count). The fraction of sp³-hybridized carbons (Fsp3) is 0.0833. The van der Waals surface area contributed by atoms with Gasteiger partial charge in [-0.3, -0.25) is 4.79 Å². The number of pyridine rings is 1. The molecule has 0 atom stereocenters. The Hall–Kier alpha value is -2.98. The van der Waals surface area contributed by atoms with Gasteiger partial charge < -0.3 is 5.32 Å². The van der Waals surface area contributed by atoms with E-state index in [4.69, 9.17) is 4.98 Å². The summed E-state index contributed by atoms with van der Waals surface area (Å²) in [7, 11) is 0. The lowest BCUT2D eigenvalue weighted by Crippen LogP contribution is -2.14. The van der Waals surface area contributed by atoms with E-state index in [9.17, 15) is 4.79 Å². The largest absolute Gasteiger partial charge is 0.322 e. The molecule has 0 saturated carbocycles. The number of hydrogen-bond acceptors (Lipinski definition) is 2. The van der Waals surface area contributed by atoms with Crippen molar-refractivity contribution in [2.45, 2.75) is 13.8 Å². The summed E-state index contributed by atoms with van der Waals surface area (Å²) in [6.45, 7) is 4.04. The molecule has 0 unspecified atom stereocenters. The highest BCUT2D eigenvalue weighted by Crippen LogP contribution is 2.27. The van der Waals surface area contributed by atoms with E-state index in [1.54, 1.807) is 0 Å². The number of amides is 1. The Balaban J connectivity index is 1.80. The van der Waals surface area contributed by atoms with Crippen LogP contribution in [-0.2, 0) is 0 Å². The topological polar surface area (TPSA) is 42.0 Å². The van der Waals surface area contributed by atoms with Crippen LogP contribution in [0.1, 0.15) is 21.5 Å². The summed E-state index contributed by atoms with van der Waals surface area (Å²) in [5.74, 6) is -0.135. The van der Waals surface area contributed by atoms with Gasteiger partial charge in [-0.1, -0.05) is 64.0 Å². The van der Waals surface area contributed by atoms with Crippen LogP contribution in [0.15, 0.2) is 77.3 Å². The van der Waals surface area contributed by atoms with Gasteiger partial charge in [-0.2, -0.15) is 0 Å². The average molecular weight is 431 g/mol. The number of carbonyl (C=O) groups is 1. The predicted octanol–water partition coefficient (Wildman–Crippen LogP) is 6.53. The van der Waals surface area contributed by atoms with Crippen LogP contribution in [-0.4, -0.2) is 10.9 Å². The van der Waals surface area contributed by atoms with Crippen molar-refractivity contribution in [1.29, 1.82) is 0 Å². The van der Waals surface area contributed by atoms with Crippen LogP contribution in [0, 0.1) is 13.8 Å². The van der Waals surface area contributed by atoms with Gasteiger partial charge in [-0.15, -0.1) is 0 Å². The first-order chi connectivity index (χ1) is 13.5. The minimum Gasteiger partial charge on any atom is -0.322 e. The smallest absolute Gasteiger partial charge is 0.256 e. The molecule has 1 N–H and O–H groups in total. The third-order valence-corrected chi connectivity index (χ3v) is 5.26. The van der Waals surface area contributed by atoms with Crippen molar-refractivity contribution in [3.63, 3.8) is 0 Å². The number of benzene rings is 3. The summed E-state index contributed by atoms with van der Waals surface area (Å²) in [6, 6.07) is 23.5. The predicted molar refractivity (Wildman–Crippen MR) is 119 cm³/mol. The van der Waals surface area contributed by atoms with Crippen LogP contribution in [0.2, 0.25) is 0 Å². The number of aromatic nitrogens is 1. The molecule has 0 radical (unpaired) electrons. The van der Waals surface area contributed by atoms with E-state index in [0.29, 0.717) is 5.56 Å². The number of nitrogens with zero attached hydrogens (tertiary/aromatic N) is 1. The Morgan fingerprint density at radius 2 is 1.68 bits per heavy atom. The second kappa shape index (κ2) is 7.56. The van der Waals surface area contributed by atoms with E-state index in [-0.39, 0.29) is 5.91 Å². The quantitative estimate of drug-likeness (QED) is 0.401. The van der Waals surface area contributed by atoms with Gasteiger partial charge in [0.05, 0.1) is 16.8 Å². The molecule has 0 bridgehead atoms. The van der Waals surface area contributed by atoms with Crippen LogP contribution in [0.5, 0.6) is 0 Å². The van der Waals surface area contributed by atoms with E-state index >= 15 is 0 Å². The number of hydrogen-bond donors (Lipinski definition) is 1. The number of anilines is 1. The van der Waals surface area contributed by atoms with Gasteiger partial charge >= 0.3 is 0 Å². The van der Waals surface area contributed by atoms with Gasteiger partial charge in [0.25, 0.3) is 5.91 Å². The van der Waals surface area contributed by atoms with Crippen molar-refractivity contribution in [2.75, 3.05) is 5.32 Å². The second-order valence-electron chi connectivity index (χ2n) is 6.85. The first-order valence-electron chi connectivity index (χ1n) is 9.05. The van der Waals surface area contributed by atoms with E-state index in [1.165, 1.54) is 5.56 Å². The molecule has 28 heavy (non-hydrogen) atoms. The molecule has 0 fully saturated rings.